The summed E-state index contributed by atoms with van der Waals surface area (Å²) in [6.45, 7) is 7.20. The zero-order valence-corrected chi connectivity index (χ0v) is 19.1. The summed E-state index contributed by atoms with van der Waals surface area (Å²) in [5.74, 6) is -1.89. The van der Waals surface area contributed by atoms with Crippen LogP contribution in [0.2, 0.25) is 0 Å². The van der Waals surface area contributed by atoms with Gasteiger partial charge in [0.25, 0.3) is 0 Å². The van der Waals surface area contributed by atoms with E-state index >= 15 is 0 Å². The third kappa shape index (κ3) is 4.14. The second-order valence-electron chi connectivity index (χ2n) is 8.88. The number of carboxylic acid groups (broad SMARTS) is 1. The van der Waals surface area contributed by atoms with Crippen LogP contribution >= 0.6 is 11.8 Å². The Kier molecular flexibility index (Phi) is 6.44. The van der Waals surface area contributed by atoms with E-state index in [1.165, 1.54) is 16.0 Å². The average Bonchev–Trinajstić information content (AvgIpc) is 3.25. The van der Waals surface area contributed by atoms with Crippen LogP contribution in [0.4, 0.5) is 0 Å². The van der Waals surface area contributed by atoms with Gasteiger partial charge in [-0.1, -0.05) is 31.2 Å². The molecular weight excluding hydrogens is 414 g/mol. The van der Waals surface area contributed by atoms with Crippen molar-refractivity contribution >= 4 is 23.6 Å². The lowest BCUT2D eigenvalue weighted by atomic mass is 9.79. The number of β-lactam (4-membered cyclic amide) rings is 1. The van der Waals surface area contributed by atoms with Crippen molar-refractivity contribution in [2.75, 3.05) is 20.1 Å². The van der Waals surface area contributed by atoms with E-state index in [1.54, 1.807) is 18.7 Å². The zero-order valence-electron chi connectivity index (χ0n) is 18.2. The van der Waals surface area contributed by atoms with Gasteiger partial charge in [0.05, 0.1) is 18.1 Å². The second-order valence-corrected chi connectivity index (χ2v) is 10.2. The molecule has 0 aromatic heterocycles. The van der Waals surface area contributed by atoms with Crippen molar-refractivity contribution in [2.45, 2.75) is 50.8 Å². The number of thioether (sulfide) groups is 1. The van der Waals surface area contributed by atoms with Crippen LogP contribution in [0, 0.1) is 11.8 Å². The smallest absolute Gasteiger partial charge is 0.353 e. The number of carbonyl (C=O) groups is 2. The number of benzene rings is 1. The second kappa shape index (κ2) is 8.94. The van der Waals surface area contributed by atoms with Gasteiger partial charge in [0.15, 0.2) is 0 Å². The Morgan fingerprint density at radius 3 is 2.58 bits per heavy atom. The molecule has 3 N–H and O–H groups in total. The average molecular weight is 446 g/mol. The first kappa shape index (κ1) is 22.3. The quantitative estimate of drug-likeness (QED) is 0.526. The zero-order chi connectivity index (χ0) is 22.3. The fourth-order valence-electron chi connectivity index (χ4n) is 5.12. The molecule has 2 fully saturated rings. The summed E-state index contributed by atoms with van der Waals surface area (Å²) in [6.07, 6.45) is 0.224. The molecule has 5 atom stereocenters. The predicted octanol–water partition coefficient (Wildman–Crippen LogP) is 1.87. The highest BCUT2D eigenvalue weighted by Gasteiger charge is 2.60. The number of rotatable bonds is 8. The van der Waals surface area contributed by atoms with Crippen molar-refractivity contribution in [3.63, 3.8) is 0 Å². The Bertz CT molecular complexity index is 885. The summed E-state index contributed by atoms with van der Waals surface area (Å²) < 4.78 is 0. The van der Waals surface area contributed by atoms with Crippen LogP contribution in [0.5, 0.6) is 0 Å². The Morgan fingerprint density at radius 2 is 1.97 bits per heavy atom. The standard InChI is InChI=1S/C23H31N3O4S/c1-13-19-18(14(2)27)22(28)26(19)20(23(29)30)21(13)31-17-8-9-25(12-17)11-16-6-4-15(5-7-16)10-24-3/h4-7,13-14,17-19,24,27H,8-12H2,1-3H3,(H,29,30)/t13-,14-,17-,18-,19-/m1/s1. The minimum atomic E-state index is -1.05. The van der Waals surface area contributed by atoms with E-state index in [-0.39, 0.29) is 23.6 Å². The first-order valence-corrected chi connectivity index (χ1v) is 11.8. The van der Waals surface area contributed by atoms with Gasteiger partial charge >= 0.3 is 5.97 Å². The molecule has 0 aliphatic carbocycles. The highest BCUT2D eigenvalue weighted by atomic mass is 32.2. The molecule has 8 heteroatoms. The van der Waals surface area contributed by atoms with Crippen molar-refractivity contribution in [3.05, 3.63) is 46.0 Å². The number of hydrogen-bond acceptors (Lipinski definition) is 6. The van der Waals surface area contributed by atoms with Crippen LogP contribution < -0.4 is 5.32 Å². The number of likely N-dealkylation sites (tertiary alicyclic amines) is 1. The van der Waals surface area contributed by atoms with Crippen LogP contribution in [-0.4, -0.2) is 69.4 Å². The number of hydrogen-bond donors (Lipinski definition) is 3. The first-order valence-electron chi connectivity index (χ1n) is 10.9. The molecule has 0 radical (unpaired) electrons. The van der Waals surface area contributed by atoms with Crippen molar-refractivity contribution in [3.8, 4) is 0 Å². The maximum atomic E-state index is 12.5. The molecule has 0 spiro atoms. The molecule has 4 rings (SSSR count). The summed E-state index contributed by atoms with van der Waals surface area (Å²) in [5.41, 5.74) is 2.67. The number of aliphatic carboxylic acids is 1. The maximum Gasteiger partial charge on any atom is 0.353 e. The minimum absolute atomic E-state index is 0.0674. The van der Waals surface area contributed by atoms with Crippen molar-refractivity contribution < 1.29 is 19.8 Å². The summed E-state index contributed by atoms with van der Waals surface area (Å²) in [6, 6.07) is 8.40. The monoisotopic (exact) mass is 445 g/mol. The van der Waals surface area contributed by atoms with Crippen LogP contribution in [0.3, 0.4) is 0 Å². The van der Waals surface area contributed by atoms with E-state index in [0.717, 1.165) is 37.5 Å². The van der Waals surface area contributed by atoms with Gasteiger partial charge in [-0.25, -0.2) is 4.79 Å². The summed E-state index contributed by atoms with van der Waals surface area (Å²) in [5, 5.41) is 23.3. The van der Waals surface area contributed by atoms with Gasteiger partial charge < -0.3 is 20.4 Å². The lowest BCUT2D eigenvalue weighted by Gasteiger charge is -2.46. The number of amides is 1. The van der Waals surface area contributed by atoms with Gasteiger partial charge in [-0.3, -0.25) is 9.69 Å². The fraction of sp³-hybridized carbons (Fsp3) is 0.565. The molecule has 3 aliphatic rings. The van der Waals surface area contributed by atoms with Gasteiger partial charge in [-0.2, -0.15) is 0 Å². The van der Waals surface area contributed by atoms with Crippen molar-refractivity contribution in [1.82, 2.24) is 15.1 Å². The Balaban J connectivity index is 1.41. The van der Waals surface area contributed by atoms with Crippen LogP contribution in [-0.2, 0) is 22.7 Å². The Labute approximate surface area is 187 Å². The first-order chi connectivity index (χ1) is 14.8. The molecule has 0 unspecified atom stereocenters. The molecule has 168 valence electrons. The van der Waals surface area contributed by atoms with Gasteiger partial charge in [0, 0.05) is 35.7 Å². The van der Waals surface area contributed by atoms with Gasteiger partial charge in [0.2, 0.25) is 5.91 Å². The van der Waals surface area contributed by atoms with Crippen LogP contribution in [0.25, 0.3) is 0 Å². The van der Waals surface area contributed by atoms with Gasteiger partial charge in [-0.05, 0) is 38.1 Å². The van der Waals surface area contributed by atoms with E-state index in [2.05, 4.69) is 34.5 Å². The van der Waals surface area contributed by atoms with E-state index in [9.17, 15) is 19.8 Å². The highest BCUT2D eigenvalue weighted by molar-refractivity contribution is 8.03. The molecule has 2 saturated heterocycles. The fourth-order valence-corrected chi connectivity index (χ4v) is 6.64. The normalized spacial score (nSPS) is 29.3. The number of fused-ring (bicyclic) bond motifs is 1. The molecule has 3 aliphatic heterocycles. The Hall–Kier alpha value is -1.87. The summed E-state index contributed by atoms with van der Waals surface area (Å²) in [7, 11) is 1.94. The lowest BCUT2D eigenvalue weighted by molar-refractivity contribution is -0.163. The molecule has 3 heterocycles. The van der Waals surface area contributed by atoms with E-state index in [1.807, 2.05) is 14.0 Å². The topological polar surface area (TPSA) is 93.1 Å². The van der Waals surface area contributed by atoms with Crippen LogP contribution in [0.1, 0.15) is 31.4 Å². The third-order valence-electron chi connectivity index (χ3n) is 6.64. The number of aliphatic hydroxyl groups is 1. The molecular formula is C23H31N3O4S. The van der Waals surface area contributed by atoms with Crippen LogP contribution in [0.15, 0.2) is 34.9 Å². The van der Waals surface area contributed by atoms with E-state index < -0.39 is 18.0 Å². The highest BCUT2D eigenvalue weighted by Crippen LogP contribution is 2.51. The third-order valence-corrected chi connectivity index (χ3v) is 8.18. The lowest BCUT2D eigenvalue weighted by Crippen LogP contribution is -2.63. The van der Waals surface area contributed by atoms with Gasteiger partial charge in [-0.15, -0.1) is 11.8 Å². The number of nitrogens with one attached hydrogen (secondary N) is 1. The maximum absolute atomic E-state index is 12.5. The molecule has 0 bridgehead atoms. The number of nitrogens with zero attached hydrogens (tertiary/aromatic N) is 2. The van der Waals surface area contributed by atoms with E-state index in [4.69, 9.17) is 0 Å². The summed E-state index contributed by atoms with van der Waals surface area (Å²) in [4.78, 5) is 29.1. The van der Waals surface area contributed by atoms with Crippen molar-refractivity contribution in [1.29, 1.82) is 0 Å². The van der Waals surface area contributed by atoms with Gasteiger partial charge in [0.1, 0.15) is 5.70 Å². The number of carbonyl (C=O) groups excluding carboxylic acids is 1. The van der Waals surface area contributed by atoms with Crippen molar-refractivity contribution in [2.24, 2.45) is 11.8 Å². The molecule has 1 amide bonds. The molecule has 1 aromatic rings. The molecule has 0 saturated carbocycles. The summed E-state index contributed by atoms with van der Waals surface area (Å²) >= 11 is 1.62. The van der Waals surface area contributed by atoms with E-state index in [0.29, 0.717) is 5.25 Å². The minimum Gasteiger partial charge on any atom is -0.477 e. The predicted molar refractivity (Wildman–Crippen MR) is 120 cm³/mol. The number of carboxylic acids is 1. The molecule has 31 heavy (non-hydrogen) atoms. The largest absolute Gasteiger partial charge is 0.477 e. The molecule has 1 aromatic carbocycles. The molecule has 7 nitrogen and oxygen atoms in total. The Morgan fingerprint density at radius 1 is 1.29 bits per heavy atom. The SMILES string of the molecule is CNCc1ccc(CN2CC[C@@H](SC3=C(C(=O)O)N4C(=O)[C@H]([C@@H](C)O)[C@H]4[C@H]3C)C2)cc1. The number of aliphatic hydroxyl groups excluding tert-OH is 1.